The van der Waals surface area contributed by atoms with Crippen LogP contribution < -0.4 is 14.8 Å². The van der Waals surface area contributed by atoms with Crippen molar-refractivity contribution in [2.24, 2.45) is 10.9 Å². The molecule has 0 unspecified atom stereocenters. The molecule has 0 amide bonds. The maximum Gasteiger partial charge on any atom is 0.216 e. The highest BCUT2D eigenvalue weighted by Crippen LogP contribution is 2.36. The molecule has 2 aromatic rings. The van der Waals surface area contributed by atoms with E-state index in [1.54, 1.807) is 14.2 Å². The van der Waals surface area contributed by atoms with Crippen LogP contribution in [0.4, 0.5) is 0 Å². The standard InChI is InChI=1S/C24H30N2O3/c1-15(2)21-14-29-24(26-21)18-8-6-5-7-16(18)11-20-19-13-23(28-4)22(27-3)12-17(19)9-10-25-20/h5-8,12-13,15,20-21,25H,9-11,14H2,1-4H3/t20-,21-/m1/s1. The second-order valence-corrected chi connectivity index (χ2v) is 8.08. The highest BCUT2D eigenvalue weighted by Gasteiger charge is 2.27. The van der Waals surface area contributed by atoms with Crippen LogP contribution in [0.1, 0.15) is 42.1 Å². The average Bonchev–Trinajstić information content (AvgIpc) is 3.24. The Labute approximate surface area is 173 Å². The van der Waals surface area contributed by atoms with E-state index in [4.69, 9.17) is 19.2 Å². The number of aliphatic imine (C=N–C) groups is 1. The third-order valence-corrected chi connectivity index (χ3v) is 5.92. The first-order chi connectivity index (χ1) is 14.1. The third kappa shape index (κ3) is 3.97. The van der Waals surface area contributed by atoms with Crippen molar-refractivity contribution in [3.63, 3.8) is 0 Å². The quantitative estimate of drug-likeness (QED) is 0.806. The van der Waals surface area contributed by atoms with Crippen LogP contribution in [-0.2, 0) is 17.6 Å². The molecule has 29 heavy (non-hydrogen) atoms. The molecule has 2 aromatic carbocycles. The van der Waals surface area contributed by atoms with Crippen molar-refractivity contribution in [3.05, 3.63) is 58.7 Å². The van der Waals surface area contributed by atoms with Gasteiger partial charge in [0.15, 0.2) is 11.5 Å². The van der Waals surface area contributed by atoms with Gasteiger partial charge in [-0.3, -0.25) is 0 Å². The van der Waals surface area contributed by atoms with Gasteiger partial charge in [-0.1, -0.05) is 32.0 Å². The maximum atomic E-state index is 5.97. The fraction of sp³-hybridized carbons (Fsp3) is 0.458. The summed E-state index contributed by atoms with van der Waals surface area (Å²) in [6, 6.07) is 13.1. The largest absolute Gasteiger partial charge is 0.493 e. The summed E-state index contributed by atoms with van der Waals surface area (Å²) in [6.07, 6.45) is 1.85. The smallest absolute Gasteiger partial charge is 0.216 e. The van der Waals surface area contributed by atoms with E-state index in [1.165, 1.54) is 16.7 Å². The minimum Gasteiger partial charge on any atom is -0.493 e. The lowest BCUT2D eigenvalue weighted by Gasteiger charge is -2.29. The average molecular weight is 395 g/mol. The normalized spacial score (nSPS) is 20.8. The first-order valence-electron chi connectivity index (χ1n) is 10.4. The van der Waals surface area contributed by atoms with Crippen molar-refractivity contribution in [2.75, 3.05) is 27.4 Å². The molecule has 5 nitrogen and oxygen atoms in total. The van der Waals surface area contributed by atoms with Gasteiger partial charge in [-0.15, -0.1) is 0 Å². The zero-order valence-electron chi connectivity index (χ0n) is 17.7. The van der Waals surface area contributed by atoms with Crippen LogP contribution >= 0.6 is 0 Å². The van der Waals surface area contributed by atoms with Crippen molar-refractivity contribution < 1.29 is 14.2 Å². The summed E-state index contributed by atoms with van der Waals surface area (Å²) in [4.78, 5) is 4.84. The number of ether oxygens (including phenoxy) is 3. The monoisotopic (exact) mass is 394 g/mol. The van der Waals surface area contributed by atoms with Gasteiger partial charge in [-0.2, -0.15) is 0 Å². The molecule has 0 aliphatic carbocycles. The number of hydrogen-bond acceptors (Lipinski definition) is 5. The van der Waals surface area contributed by atoms with E-state index in [0.717, 1.165) is 42.3 Å². The van der Waals surface area contributed by atoms with Gasteiger partial charge in [0.05, 0.1) is 20.3 Å². The van der Waals surface area contributed by atoms with E-state index >= 15 is 0 Å². The van der Waals surface area contributed by atoms with E-state index in [1.807, 2.05) is 0 Å². The van der Waals surface area contributed by atoms with Gasteiger partial charge in [0.25, 0.3) is 0 Å². The maximum absolute atomic E-state index is 5.97. The van der Waals surface area contributed by atoms with Gasteiger partial charge in [0.1, 0.15) is 6.61 Å². The minimum atomic E-state index is 0.211. The third-order valence-electron chi connectivity index (χ3n) is 5.92. The molecule has 1 N–H and O–H groups in total. The topological polar surface area (TPSA) is 52.1 Å². The van der Waals surface area contributed by atoms with Gasteiger partial charge in [0.2, 0.25) is 5.90 Å². The second kappa shape index (κ2) is 8.46. The number of methoxy groups -OCH3 is 2. The van der Waals surface area contributed by atoms with Crippen molar-refractivity contribution >= 4 is 5.90 Å². The second-order valence-electron chi connectivity index (χ2n) is 8.08. The molecule has 0 spiro atoms. The molecule has 0 bridgehead atoms. The molecule has 2 atom stereocenters. The summed E-state index contributed by atoms with van der Waals surface area (Å²) in [5.74, 6) is 2.83. The Kier molecular flexibility index (Phi) is 5.76. The van der Waals surface area contributed by atoms with Crippen molar-refractivity contribution in [2.45, 2.75) is 38.8 Å². The molecule has 2 aliphatic rings. The number of nitrogens with one attached hydrogen (secondary N) is 1. The van der Waals surface area contributed by atoms with E-state index in [0.29, 0.717) is 12.5 Å². The molecular weight excluding hydrogens is 364 g/mol. The molecule has 0 aromatic heterocycles. The Hall–Kier alpha value is -2.53. The number of benzene rings is 2. The molecule has 0 saturated heterocycles. The molecule has 0 radical (unpaired) electrons. The summed E-state index contributed by atoms with van der Waals surface area (Å²) in [5.41, 5.74) is 4.94. The van der Waals surface area contributed by atoms with E-state index in [9.17, 15) is 0 Å². The predicted molar refractivity (Wildman–Crippen MR) is 115 cm³/mol. The summed E-state index contributed by atoms with van der Waals surface area (Å²) in [5, 5.41) is 3.68. The predicted octanol–water partition coefficient (Wildman–Crippen LogP) is 3.93. The van der Waals surface area contributed by atoms with Crippen molar-refractivity contribution in [1.29, 1.82) is 0 Å². The molecule has 5 heteroatoms. The molecular formula is C24H30N2O3. The van der Waals surface area contributed by atoms with E-state index in [2.05, 4.69) is 55.6 Å². The van der Waals surface area contributed by atoms with Gasteiger partial charge in [-0.25, -0.2) is 4.99 Å². The minimum absolute atomic E-state index is 0.211. The highest BCUT2D eigenvalue weighted by molar-refractivity contribution is 5.96. The van der Waals surface area contributed by atoms with Gasteiger partial charge >= 0.3 is 0 Å². The van der Waals surface area contributed by atoms with Crippen LogP contribution in [0.15, 0.2) is 41.4 Å². The van der Waals surface area contributed by atoms with Crippen LogP contribution in [0.5, 0.6) is 11.5 Å². The molecule has 2 heterocycles. The summed E-state index contributed by atoms with van der Waals surface area (Å²) >= 11 is 0. The zero-order chi connectivity index (χ0) is 20.4. The Bertz CT molecular complexity index is 907. The first kappa shape index (κ1) is 19.8. The van der Waals surface area contributed by atoms with Gasteiger partial charge in [-0.05, 0) is 60.2 Å². The Morgan fingerprint density at radius 1 is 1.14 bits per heavy atom. The van der Waals surface area contributed by atoms with Crippen LogP contribution in [0, 0.1) is 5.92 Å². The first-order valence-corrected chi connectivity index (χ1v) is 10.4. The summed E-state index contributed by atoms with van der Waals surface area (Å²) in [6.45, 7) is 6.00. The number of nitrogens with zero attached hydrogens (tertiary/aromatic N) is 1. The van der Waals surface area contributed by atoms with Gasteiger partial charge < -0.3 is 19.5 Å². The van der Waals surface area contributed by atoms with Crippen LogP contribution in [-0.4, -0.2) is 39.3 Å². The lowest BCUT2D eigenvalue weighted by atomic mass is 9.88. The lowest BCUT2D eigenvalue weighted by molar-refractivity contribution is 0.291. The fourth-order valence-corrected chi connectivity index (χ4v) is 4.16. The van der Waals surface area contributed by atoms with E-state index < -0.39 is 0 Å². The summed E-state index contributed by atoms with van der Waals surface area (Å²) < 4.78 is 17.0. The zero-order valence-corrected chi connectivity index (χ0v) is 17.7. The Morgan fingerprint density at radius 3 is 2.62 bits per heavy atom. The highest BCUT2D eigenvalue weighted by atomic mass is 16.5. The summed E-state index contributed by atoms with van der Waals surface area (Å²) in [7, 11) is 3.37. The molecule has 2 aliphatic heterocycles. The van der Waals surface area contributed by atoms with Gasteiger partial charge in [0, 0.05) is 11.6 Å². The molecule has 0 fully saturated rings. The SMILES string of the molecule is COc1cc2c(cc1OC)[C@@H](Cc1ccccc1C1=N[C@@H](C(C)C)CO1)NCC2. The number of rotatable bonds is 6. The Balaban J connectivity index is 1.65. The van der Waals surface area contributed by atoms with Crippen LogP contribution in [0.25, 0.3) is 0 Å². The van der Waals surface area contributed by atoms with E-state index in [-0.39, 0.29) is 12.1 Å². The Morgan fingerprint density at radius 2 is 1.90 bits per heavy atom. The number of hydrogen-bond donors (Lipinski definition) is 1. The van der Waals surface area contributed by atoms with Crippen molar-refractivity contribution in [1.82, 2.24) is 5.32 Å². The number of fused-ring (bicyclic) bond motifs is 1. The van der Waals surface area contributed by atoms with Crippen LogP contribution in [0.3, 0.4) is 0 Å². The molecule has 4 rings (SSSR count). The van der Waals surface area contributed by atoms with Crippen molar-refractivity contribution in [3.8, 4) is 11.5 Å². The lowest BCUT2D eigenvalue weighted by Crippen LogP contribution is -2.31. The molecule has 0 saturated carbocycles. The fourth-order valence-electron chi connectivity index (χ4n) is 4.16. The van der Waals surface area contributed by atoms with Crippen LogP contribution in [0.2, 0.25) is 0 Å². The molecule has 154 valence electrons.